The van der Waals surface area contributed by atoms with Gasteiger partial charge in [0, 0.05) is 19.1 Å². The quantitative estimate of drug-likeness (QED) is 0.666. The van der Waals surface area contributed by atoms with Crippen molar-refractivity contribution in [3.8, 4) is 5.88 Å². The molecule has 116 valence electrons. The van der Waals surface area contributed by atoms with Gasteiger partial charge in [0.2, 0.25) is 0 Å². The van der Waals surface area contributed by atoms with Crippen LogP contribution in [0.3, 0.4) is 0 Å². The van der Waals surface area contributed by atoms with Crippen LogP contribution in [0.5, 0.6) is 5.88 Å². The van der Waals surface area contributed by atoms with E-state index >= 15 is 0 Å². The van der Waals surface area contributed by atoms with Crippen LogP contribution in [0, 0.1) is 17.0 Å². The number of nitrogens with zero attached hydrogens (tertiary/aromatic N) is 4. The Kier molecular flexibility index (Phi) is 3.81. The van der Waals surface area contributed by atoms with Gasteiger partial charge in [0.15, 0.2) is 0 Å². The first-order valence-electron chi connectivity index (χ1n) is 7.32. The minimum atomic E-state index is -0.567. The lowest BCUT2D eigenvalue weighted by molar-refractivity contribution is -0.386. The number of morpholine rings is 1. The van der Waals surface area contributed by atoms with Gasteiger partial charge in [-0.05, 0) is 26.2 Å². The van der Waals surface area contributed by atoms with Crippen molar-refractivity contribution in [2.24, 2.45) is 0 Å². The summed E-state index contributed by atoms with van der Waals surface area (Å²) in [4.78, 5) is 12.8. The molecule has 2 unspecified atom stereocenters. The lowest BCUT2D eigenvalue weighted by atomic mass is 10.2. The number of aromatic nitrogens is 2. The van der Waals surface area contributed by atoms with E-state index in [0.717, 1.165) is 45.6 Å². The largest absolute Gasteiger partial charge is 0.487 e. The molecule has 0 bridgehead atoms. The molecule has 0 radical (unpaired) electrons. The maximum atomic E-state index is 11.0. The monoisotopic (exact) mass is 296 g/mol. The lowest BCUT2D eigenvalue weighted by Crippen LogP contribution is -2.42. The van der Waals surface area contributed by atoms with Crippen LogP contribution >= 0.6 is 0 Å². The molecule has 0 spiro atoms. The smallest absolute Gasteiger partial charge is 0.352 e. The van der Waals surface area contributed by atoms with Gasteiger partial charge in [-0.2, -0.15) is 0 Å². The fourth-order valence-electron chi connectivity index (χ4n) is 3.49. The summed E-state index contributed by atoms with van der Waals surface area (Å²) in [6.45, 7) is 5.08. The van der Waals surface area contributed by atoms with E-state index < -0.39 is 10.8 Å². The molecule has 1 aromatic heterocycles. The molecule has 8 heteroatoms. The Morgan fingerprint density at radius 2 is 2.00 bits per heavy atom. The summed E-state index contributed by atoms with van der Waals surface area (Å²) in [5.74, 6) is -0.479. The number of hydrogen-bond acceptors (Lipinski definition) is 6. The highest BCUT2D eigenvalue weighted by Gasteiger charge is 2.35. The lowest BCUT2D eigenvalue weighted by Gasteiger charge is -2.32. The number of aromatic hydroxyl groups is 1. The Labute approximate surface area is 122 Å². The highest BCUT2D eigenvalue weighted by atomic mass is 16.6. The van der Waals surface area contributed by atoms with Crippen LogP contribution in [0.15, 0.2) is 0 Å². The molecule has 2 heterocycles. The van der Waals surface area contributed by atoms with Crippen molar-refractivity contribution in [3.05, 3.63) is 15.8 Å². The maximum Gasteiger partial charge on any atom is 0.352 e. The number of rotatable bonds is 3. The van der Waals surface area contributed by atoms with Crippen LogP contribution in [0.2, 0.25) is 0 Å². The Hall–Kier alpha value is -1.67. The molecule has 0 amide bonds. The van der Waals surface area contributed by atoms with E-state index in [1.807, 2.05) is 0 Å². The molecule has 8 nitrogen and oxygen atoms in total. The Bertz CT molecular complexity index is 539. The summed E-state index contributed by atoms with van der Waals surface area (Å²) < 4.78 is 7.00. The van der Waals surface area contributed by atoms with Crippen LogP contribution < -0.4 is 0 Å². The van der Waals surface area contributed by atoms with E-state index in [1.165, 1.54) is 0 Å². The van der Waals surface area contributed by atoms with Crippen molar-refractivity contribution < 1.29 is 14.8 Å². The van der Waals surface area contributed by atoms with Gasteiger partial charge in [-0.25, -0.2) is 0 Å². The van der Waals surface area contributed by atoms with Crippen molar-refractivity contribution in [1.82, 2.24) is 14.7 Å². The first-order valence-corrected chi connectivity index (χ1v) is 7.32. The summed E-state index contributed by atoms with van der Waals surface area (Å²) in [6, 6.07) is 0.598. The van der Waals surface area contributed by atoms with E-state index in [2.05, 4.69) is 10.00 Å². The molecule has 0 aromatic carbocycles. The van der Waals surface area contributed by atoms with Gasteiger partial charge in [0.25, 0.3) is 0 Å². The van der Waals surface area contributed by atoms with E-state index in [0.29, 0.717) is 11.7 Å². The molecule has 1 aliphatic heterocycles. The summed E-state index contributed by atoms with van der Waals surface area (Å²) in [5.41, 5.74) is 0.162. The summed E-state index contributed by atoms with van der Waals surface area (Å²) in [7, 11) is 0. The zero-order valence-corrected chi connectivity index (χ0v) is 12.1. The molecule has 1 aromatic rings. The minimum absolute atomic E-state index is 0.123. The van der Waals surface area contributed by atoms with Crippen LogP contribution in [0.25, 0.3) is 0 Å². The van der Waals surface area contributed by atoms with Crippen molar-refractivity contribution in [2.75, 3.05) is 26.3 Å². The number of ether oxygens (including phenoxy) is 1. The maximum absolute atomic E-state index is 11.0. The highest BCUT2D eigenvalue weighted by Crippen LogP contribution is 2.38. The highest BCUT2D eigenvalue weighted by molar-refractivity contribution is 5.44. The zero-order chi connectivity index (χ0) is 15.0. The summed E-state index contributed by atoms with van der Waals surface area (Å²) in [5, 5.41) is 24.6. The third-order valence-electron chi connectivity index (χ3n) is 4.57. The molecule has 21 heavy (non-hydrogen) atoms. The van der Waals surface area contributed by atoms with Crippen LogP contribution in [0.4, 0.5) is 5.69 Å². The third kappa shape index (κ3) is 2.60. The van der Waals surface area contributed by atoms with Crippen molar-refractivity contribution in [2.45, 2.75) is 38.3 Å². The topological polar surface area (TPSA) is 93.7 Å². The number of hydrogen-bond donors (Lipinski definition) is 1. The molecule has 2 atom stereocenters. The second-order valence-corrected chi connectivity index (χ2v) is 5.73. The standard InChI is InChI=1S/C13H20N4O4/c1-9-12(17(19)20)13(18)14-16(9)11-3-2-10(8-11)15-4-6-21-7-5-15/h10-11H,2-8H2,1H3,(H,14,18). The Balaban J connectivity index is 1.74. The Morgan fingerprint density at radius 3 is 2.62 bits per heavy atom. The van der Waals surface area contributed by atoms with Crippen LogP contribution in [0.1, 0.15) is 31.0 Å². The van der Waals surface area contributed by atoms with Gasteiger partial charge in [-0.3, -0.25) is 19.7 Å². The average Bonchev–Trinajstić information content (AvgIpc) is 3.04. The SMILES string of the molecule is Cc1c([N+](=O)[O-])c(O)nn1C1CCC(N2CCOCC2)C1. The Morgan fingerprint density at radius 1 is 1.33 bits per heavy atom. The van der Waals surface area contributed by atoms with E-state index in [1.54, 1.807) is 11.6 Å². The predicted octanol–water partition coefficient (Wildman–Crippen LogP) is 1.23. The van der Waals surface area contributed by atoms with E-state index in [4.69, 9.17) is 4.74 Å². The van der Waals surface area contributed by atoms with Crippen LogP contribution in [-0.2, 0) is 4.74 Å². The molecule has 2 aliphatic rings. The van der Waals surface area contributed by atoms with Gasteiger partial charge in [-0.1, -0.05) is 0 Å². The fourth-order valence-corrected chi connectivity index (χ4v) is 3.49. The van der Waals surface area contributed by atoms with Gasteiger partial charge >= 0.3 is 11.6 Å². The summed E-state index contributed by atoms with van der Waals surface area (Å²) >= 11 is 0. The van der Waals surface area contributed by atoms with Crippen molar-refractivity contribution in [3.63, 3.8) is 0 Å². The molecule has 1 saturated carbocycles. The van der Waals surface area contributed by atoms with E-state index in [9.17, 15) is 15.2 Å². The van der Waals surface area contributed by atoms with Crippen molar-refractivity contribution in [1.29, 1.82) is 0 Å². The fraction of sp³-hybridized carbons (Fsp3) is 0.769. The second kappa shape index (κ2) is 5.61. The molecular formula is C13H20N4O4. The molecule has 1 N–H and O–H groups in total. The van der Waals surface area contributed by atoms with Gasteiger partial charge in [0.05, 0.1) is 24.2 Å². The molecular weight excluding hydrogens is 276 g/mol. The summed E-state index contributed by atoms with van der Waals surface area (Å²) in [6.07, 6.45) is 2.90. The molecule has 1 saturated heterocycles. The third-order valence-corrected chi connectivity index (χ3v) is 4.57. The number of nitro groups is 1. The van der Waals surface area contributed by atoms with E-state index in [-0.39, 0.29) is 11.7 Å². The first-order chi connectivity index (χ1) is 10.1. The minimum Gasteiger partial charge on any atom is -0.487 e. The zero-order valence-electron chi connectivity index (χ0n) is 12.1. The van der Waals surface area contributed by atoms with Gasteiger partial charge < -0.3 is 9.84 Å². The molecule has 1 aliphatic carbocycles. The first kappa shape index (κ1) is 14.3. The van der Waals surface area contributed by atoms with Gasteiger partial charge in [-0.15, -0.1) is 5.10 Å². The van der Waals surface area contributed by atoms with Crippen molar-refractivity contribution >= 4 is 5.69 Å². The van der Waals surface area contributed by atoms with Crippen LogP contribution in [-0.4, -0.2) is 57.1 Å². The van der Waals surface area contributed by atoms with Gasteiger partial charge in [0.1, 0.15) is 5.69 Å². The normalized spacial score (nSPS) is 27.1. The predicted molar refractivity (Wildman–Crippen MR) is 74.4 cm³/mol. The average molecular weight is 296 g/mol. The molecule has 3 rings (SSSR count). The molecule has 2 fully saturated rings. The second-order valence-electron chi connectivity index (χ2n) is 5.73.